The molecule has 0 amide bonds. The molecule has 0 aliphatic heterocycles. The van der Waals surface area contributed by atoms with Gasteiger partial charge in [0.1, 0.15) is 0 Å². The Morgan fingerprint density at radius 3 is 0.857 bits per heavy atom. The molecule has 0 aliphatic rings. The predicted molar refractivity (Wildman–Crippen MR) is 58.5 cm³/mol. The first kappa shape index (κ1) is 29.3. The van der Waals surface area contributed by atoms with Gasteiger partial charge in [-0.05, 0) is 20.8 Å². The Kier molecular flexibility index (Phi) is 141. The van der Waals surface area contributed by atoms with Gasteiger partial charge in [-0.1, -0.05) is 13.3 Å². The van der Waals surface area contributed by atoms with Crippen LogP contribution in [0.3, 0.4) is 0 Å². The van der Waals surface area contributed by atoms with Crippen LogP contribution in [0.25, 0.3) is 0 Å². The number of hydrogen-bond acceptors (Lipinski definition) is 3. The Balaban J connectivity index is -0.0000000254. The first-order valence-electron chi connectivity index (χ1n) is 4.78. The van der Waals surface area contributed by atoms with Crippen LogP contribution in [-0.2, 0) is 26.2 Å². The molecule has 4 heteroatoms. The molecule has 0 radical (unpaired) electrons. The van der Waals surface area contributed by atoms with E-state index in [4.69, 9.17) is 15.3 Å². The zero-order valence-electron chi connectivity index (χ0n) is 10.1. The third-order valence-corrected chi connectivity index (χ3v) is 0.354. The minimum Gasteiger partial charge on any atom is -0.397 e. The third kappa shape index (κ3) is 568. The maximum Gasteiger partial charge on any atom is 0.0402 e. The quantitative estimate of drug-likeness (QED) is 0.642. The average molecular weight is 287 g/mol. The Hall–Kier alpha value is 0.763. The monoisotopic (exact) mass is 285 g/mol. The Morgan fingerprint density at radius 1 is 0.786 bits per heavy atom. The van der Waals surface area contributed by atoms with Crippen LogP contribution in [0.1, 0.15) is 40.5 Å². The molecule has 0 spiro atoms. The van der Waals surface area contributed by atoms with Crippen molar-refractivity contribution in [1.29, 1.82) is 0 Å². The Bertz CT molecular complexity index is 31.8. The van der Waals surface area contributed by atoms with Crippen molar-refractivity contribution >= 4 is 0 Å². The van der Waals surface area contributed by atoms with Gasteiger partial charge in [-0.25, -0.2) is 0 Å². The second-order valence-corrected chi connectivity index (χ2v) is 1.80. The third-order valence-electron chi connectivity index (χ3n) is 0.354. The van der Waals surface area contributed by atoms with E-state index in [-0.39, 0.29) is 46.0 Å². The number of rotatable bonds is 1. The maximum absolute atomic E-state index is 7.57. The van der Waals surface area contributed by atoms with Gasteiger partial charge in [0, 0.05) is 46.0 Å². The summed E-state index contributed by atoms with van der Waals surface area (Å²) in [6, 6.07) is 0. The molecule has 3 N–H and O–H groups in total. The van der Waals surface area contributed by atoms with Gasteiger partial charge in [0.2, 0.25) is 0 Å². The molecule has 0 aliphatic carbocycles. The molecule has 0 saturated carbocycles. The van der Waals surface area contributed by atoms with Gasteiger partial charge in [0.25, 0.3) is 0 Å². The SMILES string of the molecule is CCO.CCO.CCO.[CH2-]CCC.[Zr]. The van der Waals surface area contributed by atoms with E-state index in [2.05, 4.69) is 13.8 Å². The predicted octanol–water partition coefficient (Wildman–Crippen LogP) is 1.61. The molecule has 90 valence electrons. The minimum absolute atomic E-state index is 0. The molecule has 0 aromatic heterocycles. The second-order valence-electron chi connectivity index (χ2n) is 1.80. The summed E-state index contributed by atoms with van der Waals surface area (Å²) in [5, 5.41) is 22.7. The molecule has 0 heterocycles. The molecule has 0 saturated heterocycles. The van der Waals surface area contributed by atoms with Crippen LogP contribution in [0.5, 0.6) is 0 Å². The van der Waals surface area contributed by atoms with Gasteiger partial charge in [0.05, 0.1) is 0 Å². The summed E-state index contributed by atoms with van der Waals surface area (Å²) in [7, 11) is 0. The van der Waals surface area contributed by atoms with Crippen LogP contribution in [0.15, 0.2) is 0 Å². The fraction of sp³-hybridized carbons (Fsp3) is 0.900. The summed E-state index contributed by atoms with van der Waals surface area (Å²) in [6.07, 6.45) is 2.28. The van der Waals surface area contributed by atoms with Gasteiger partial charge in [-0.15, -0.1) is 0 Å². The summed E-state index contributed by atoms with van der Waals surface area (Å²) in [4.78, 5) is 0. The van der Waals surface area contributed by atoms with Crippen molar-refractivity contribution in [3.8, 4) is 0 Å². The van der Waals surface area contributed by atoms with Crippen LogP contribution >= 0.6 is 0 Å². The zero-order valence-corrected chi connectivity index (χ0v) is 12.5. The van der Waals surface area contributed by atoms with Gasteiger partial charge < -0.3 is 22.2 Å². The van der Waals surface area contributed by atoms with Crippen LogP contribution in [0, 0.1) is 6.92 Å². The molecule has 0 aromatic carbocycles. The normalized spacial score (nSPS) is 6.00. The summed E-state index contributed by atoms with van der Waals surface area (Å²) in [6.45, 7) is 11.5. The molecule has 0 fully saturated rings. The van der Waals surface area contributed by atoms with Gasteiger partial charge >= 0.3 is 0 Å². The molecule has 0 rings (SSSR count). The molecular weight excluding hydrogens is 259 g/mol. The largest absolute Gasteiger partial charge is 0.397 e. The molecule has 0 aromatic rings. The number of hydrogen-bond donors (Lipinski definition) is 3. The summed E-state index contributed by atoms with van der Waals surface area (Å²) < 4.78 is 0. The van der Waals surface area contributed by atoms with Crippen molar-refractivity contribution in [2.75, 3.05) is 19.8 Å². The fourth-order valence-electron chi connectivity index (χ4n) is 0. The van der Waals surface area contributed by atoms with Crippen molar-refractivity contribution in [3.05, 3.63) is 6.92 Å². The van der Waals surface area contributed by atoms with Crippen LogP contribution in [0.4, 0.5) is 0 Å². The van der Waals surface area contributed by atoms with Gasteiger partial charge in [-0.3, -0.25) is 0 Å². The standard InChI is InChI=1S/C4H9.3C2H6O.Zr/c1-3-4-2;3*1-2-3;/h1,3-4H2,2H3;3*3H,2H2,1H3;/q-1;;;;. The first-order chi connectivity index (χ1) is 6.16. The van der Waals surface area contributed by atoms with Crippen molar-refractivity contribution in [3.63, 3.8) is 0 Å². The maximum atomic E-state index is 7.57. The van der Waals surface area contributed by atoms with E-state index in [0.29, 0.717) is 0 Å². The van der Waals surface area contributed by atoms with E-state index < -0.39 is 0 Å². The molecule has 0 atom stereocenters. The number of unbranched alkanes of at least 4 members (excludes halogenated alkanes) is 1. The van der Waals surface area contributed by atoms with Crippen LogP contribution in [-0.4, -0.2) is 35.1 Å². The van der Waals surface area contributed by atoms with Crippen LogP contribution < -0.4 is 0 Å². The van der Waals surface area contributed by atoms with Crippen molar-refractivity contribution < 1.29 is 41.5 Å². The molecule has 0 unspecified atom stereocenters. The number of aliphatic hydroxyl groups excluding tert-OH is 3. The van der Waals surface area contributed by atoms with E-state index in [1.807, 2.05) is 0 Å². The van der Waals surface area contributed by atoms with E-state index >= 15 is 0 Å². The molecule has 14 heavy (non-hydrogen) atoms. The second kappa shape index (κ2) is 67.5. The van der Waals surface area contributed by atoms with Gasteiger partial charge in [0.15, 0.2) is 0 Å². The zero-order chi connectivity index (χ0) is 11.5. The average Bonchev–Trinajstić information content (AvgIpc) is 2.08. The van der Waals surface area contributed by atoms with E-state index in [0.717, 1.165) is 6.42 Å². The van der Waals surface area contributed by atoms with Crippen molar-refractivity contribution in [2.45, 2.75) is 40.5 Å². The topological polar surface area (TPSA) is 60.7 Å². The van der Waals surface area contributed by atoms with E-state index in [9.17, 15) is 0 Å². The number of aliphatic hydroxyl groups is 3. The smallest absolute Gasteiger partial charge is 0.0402 e. The minimum atomic E-state index is 0. The van der Waals surface area contributed by atoms with Gasteiger partial charge in [-0.2, -0.15) is 6.42 Å². The van der Waals surface area contributed by atoms with Crippen molar-refractivity contribution in [1.82, 2.24) is 0 Å². The van der Waals surface area contributed by atoms with Crippen molar-refractivity contribution in [2.24, 2.45) is 0 Å². The summed E-state index contributed by atoms with van der Waals surface area (Å²) >= 11 is 0. The van der Waals surface area contributed by atoms with E-state index in [1.54, 1.807) is 20.8 Å². The molecule has 3 nitrogen and oxygen atoms in total. The van der Waals surface area contributed by atoms with Crippen LogP contribution in [0.2, 0.25) is 0 Å². The summed E-state index contributed by atoms with van der Waals surface area (Å²) in [5.41, 5.74) is 0. The fourth-order valence-corrected chi connectivity index (χ4v) is 0. The Morgan fingerprint density at radius 2 is 0.857 bits per heavy atom. The molecular formula is C10H27O3Zr-. The summed E-state index contributed by atoms with van der Waals surface area (Å²) in [5.74, 6) is 0. The Labute approximate surface area is 109 Å². The first-order valence-corrected chi connectivity index (χ1v) is 4.78. The molecule has 0 bridgehead atoms. The van der Waals surface area contributed by atoms with E-state index in [1.165, 1.54) is 6.42 Å².